The summed E-state index contributed by atoms with van der Waals surface area (Å²) in [5, 5.41) is 3.01. The Kier molecular flexibility index (Phi) is 5.18. The number of nitrogens with one attached hydrogen (secondary N) is 1. The SMILES string of the molecule is C[C@@H]1C[C@@H]1C(=O)Nc1ccccc1OCCN1CCN(C)CC1. The first kappa shape index (κ1) is 16.3. The van der Waals surface area contributed by atoms with E-state index in [0.29, 0.717) is 12.5 Å². The first-order chi connectivity index (χ1) is 11.1. The minimum absolute atomic E-state index is 0.118. The Morgan fingerprint density at radius 2 is 1.96 bits per heavy atom. The normalized spacial score (nSPS) is 25.1. The lowest BCUT2D eigenvalue weighted by molar-refractivity contribution is -0.117. The van der Waals surface area contributed by atoms with Gasteiger partial charge in [-0.15, -0.1) is 0 Å². The van der Waals surface area contributed by atoms with Gasteiger partial charge in [-0.25, -0.2) is 0 Å². The first-order valence-electron chi connectivity index (χ1n) is 8.57. The molecule has 1 aliphatic heterocycles. The van der Waals surface area contributed by atoms with Crippen molar-refractivity contribution in [1.29, 1.82) is 0 Å². The molecule has 5 heteroatoms. The highest BCUT2D eigenvalue weighted by atomic mass is 16.5. The number of hydrogen-bond acceptors (Lipinski definition) is 4. The van der Waals surface area contributed by atoms with Crippen LogP contribution >= 0.6 is 0 Å². The van der Waals surface area contributed by atoms with Gasteiger partial charge < -0.3 is 15.0 Å². The fourth-order valence-electron chi connectivity index (χ4n) is 2.96. The maximum absolute atomic E-state index is 12.1. The van der Waals surface area contributed by atoms with Crippen molar-refractivity contribution < 1.29 is 9.53 Å². The number of carbonyl (C=O) groups excluding carboxylic acids is 1. The zero-order valence-electron chi connectivity index (χ0n) is 14.1. The van der Waals surface area contributed by atoms with Crippen LogP contribution in [0.15, 0.2) is 24.3 Å². The Morgan fingerprint density at radius 3 is 2.65 bits per heavy atom. The van der Waals surface area contributed by atoms with Gasteiger partial charge in [0.1, 0.15) is 12.4 Å². The molecular weight excluding hydrogens is 290 g/mol. The van der Waals surface area contributed by atoms with Gasteiger partial charge in [0, 0.05) is 38.6 Å². The highest BCUT2D eigenvalue weighted by Gasteiger charge is 2.39. The van der Waals surface area contributed by atoms with Crippen molar-refractivity contribution in [3.05, 3.63) is 24.3 Å². The molecule has 1 saturated heterocycles. The van der Waals surface area contributed by atoms with E-state index in [1.165, 1.54) is 0 Å². The molecule has 1 saturated carbocycles. The number of rotatable bonds is 6. The third-order valence-corrected chi connectivity index (χ3v) is 4.85. The summed E-state index contributed by atoms with van der Waals surface area (Å²) >= 11 is 0. The highest BCUT2D eigenvalue weighted by Crippen LogP contribution is 2.39. The van der Waals surface area contributed by atoms with Crippen LogP contribution in [-0.4, -0.2) is 62.1 Å². The van der Waals surface area contributed by atoms with Gasteiger partial charge in [-0.3, -0.25) is 9.69 Å². The van der Waals surface area contributed by atoms with E-state index in [4.69, 9.17) is 4.74 Å². The van der Waals surface area contributed by atoms with E-state index >= 15 is 0 Å². The number of piperazine rings is 1. The summed E-state index contributed by atoms with van der Waals surface area (Å²) in [6, 6.07) is 7.71. The summed E-state index contributed by atoms with van der Waals surface area (Å²) in [6.07, 6.45) is 0.998. The largest absolute Gasteiger partial charge is 0.490 e. The molecule has 1 N–H and O–H groups in total. The number of nitrogens with zero attached hydrogens (tertiary/aromatic N) is 2. The van der Waals surface area contributed by atoms with E-state index in [1.54, 1.807) is 0 Å². The number of ether oxygens (including phenoxy) is 1. The number of anilines is 1. The summed E-state index contributed by atoms with van der Waals surface area (Å²) in [6.45, 7) is 8.11. The Balaban J connectivity index is 1.48. The van der Waals surface area contributed by atoms with Gasteiger partial charge in [0.2, 0.25) is 5.91 Å². The fraction of sp³-hybridized carbons (Fsp3) is 0.611. The Morgan fingerprint density at radius 1 is 1.26 bits per heavy atom. The summed E-state index contributed by atoms with van der Waals surface area (Å²) in [4.78, 5) is 16.9. The molecular formula is C18H27N3O2. The molecule has 0 radical (unpaired) electrons. The minimum Gasteiger partial charge on any atom is -0.490 e. The third kappa shape index (κ3) is 4.45. The van der Waals surface area contributed by atoms with Crippen LogP contribution < -0.4 is 10.1 Å². The second-order valence-corrected chi connectivity index (χ2v) is 6.80. The highest BCUT2D eigenvalue weighted by molar-refractivity contribution is 5.95. The molecule has 2 fully saturated rings. The molecule has 3 rings (SSSR count). The summed E-state index contributed by atoms with van der Waals surface area (Å²) in [7, 11) is 2.16. The predicted molar refractivity (Wildman–Crippen MR) is 91.8 cm³/mol. The molecule has 1 amide bonds. The Bertz CT molecular complexity index is 541. The molecule has 1 aromatic rings. The van der Waals surface area contributed by atoms with Crippen LogP contribution in [0.2, 0.25) is 0 Å². The Hall–Kier alpha value is -1.59. The molecule has 23 heavy (non-hydrogen) atoms. The van der Waals surface area contributed by atoms with Gasteiger partial charge >= 0.3 is 0 Å². The molecule has 5 nitrogen and oxygen atoms in total. The second-order valence-electron chi connectivity index (χ2n) is 6.80. The summed E-state index contributed by atoms with van der Waals surface area (Å²) < 4.78 is 5.92. The number of likely N-dealkylation sites (N-methyl/N-ethyl adjacent to an activating group) is 1. The van der Waals surface area contributed by atoms with Gasteiger partial charge in [0.05, 0.1) is 5.69 Å². The fourth-order valence-corrected chi connectivity index (χ4v) is 2.96. The molecule has 2 aliphatic rings. The van der Waals surface area contributed by atoms with Crippen LogP contribution in [0.3, 0.4) is 0 Å². The van der Waals surface area contributed by atoms with E-state index in [-0.39, 0.29) is 11.8 Å². The van der Waals surface area contributed by atoms with Crippen molar-refractivity contribution in [1.82, 2.24) is 9.80 Å². The smallest absolute Gasteiger partial charge is 0.227 e. The Labute approximate surface area is 138 Å². The van der Waals surface area contributed by atoms with Crippen LogP contribution in [0.4, 0.5) is 5.69 Å². The first-order valence-corrected chi connectivity index (χ1v) is 8.57. The van der Waals surface area contributed by atoms with E-state index in [2.05, 4.69) is 29.1 Å². The lowest BCUT2D eigenvalue weighted by atomic mass is 10.2. The van der Waals surface area contributed by atoms with Crippen molar-refractivity contribution in [2.24, 2.45) is 11.8 Å². The van der Waals surface area contributed by atoms with E-state index in [0.717, 1.165) is 50.6 Å². The molecule has 0 bridgehead atoms. The molecule has 0 spiro atoms. The molecule has 0 aromatic heterocycles. The quantitative estimate of drug-likeness (QED) is 0.870. The summed E-state index contributed by atoms with van der Waals surface area (Å²) in [5.74, 6) is 1.57. The number of hydrogen-bond donors (Lipinski definition) is 1. The monoisotopic (exact) mass is 317 g/mol. The van der Waals surface area contributed by atoms with Crippen molar-refractivity contribution in [2.75, 3.05) is 51.7 Å². The topological polar surface area (TPSA) is 44.8 Å². The maximum atomic E-state index is 12.1. The van der Waals surface area contributed by atoms with Gasteiger partial charge in [0.15, 0.2) is 0 Å². The van der Waals surface area contributed by atoms with Crippen molar-refractivity contribution in [3.8, 4) is 5.75 Å². The number of amides is 1. The van der Waals surface area contributed by atoms with Crippen molar-refractivity contribution in [2.45, 2.75) is 13.3 Å². The van der Waals surface area contributed by atoms with Gasteiger partial charge in [-0.2, -0.15) is 0 Å². The van der Waals surface area contributed by atoms with E-state index < -0.39 is 0 Å². The number of benzene rings is 1. The maximum Gasteiger partial charge on any atom is 0.227 e. The van der Waals surface area contributed by atoms with E-state index in [9.17, 15) is 4.79 Å². The summed E-state index contributed by atoms with van der Waals surface area (Å²) in [5.41, 5.74) is 0.787. The van der Waals surface area contributed by atoms with Gasteiger partial charge in [-0.05, 0) is 31.5 Å². The minimum atomic E-state index is 0.118. The zero-order chi connectivity index (χ0) is 16.2. The van der Waals surface area contributed by atoms with Crippen LogP contribution in [0.5, 0.6) is 5.75 Å². The average molecular weight is 317 g/mol. The van der Waals surface area contributed by atoms with Crippen molar-refractivity contribution >= 4 is 11.6 Å². The van der Waals surface area contributed by atoms with Crippen LogP contribution in [0.25, 0.3) is 0 Å². The van der Waals surface area contributed by atoms with Crippen LogP contribution in [-0.2, 0) is 4.79 Å². The van der Waals surface area contributed by atoms with Crippen molar-refractivity contribution in [3.63, 3.8) is 0 Å². The molecule has 0 unspecified atom stereocenters. The molecule has 1 aromatic carbocycles. The predicted octanol–water partition coefficient (Wildman–Crippen LogP) is 1.91. The van der Waals surface area contributed by atoms with Gasteiger partial charge in [0.25, 0.3) is 0 Å². The van der Waals surface area contributed by atoms with Crippen LogP contribution in [0, 0.1) is 11.8 Å². The third-order valence-electron chi connectivity index (χ3n) is 4.85. The molecule has 2 atom stereocenters. The lowest BCUT2D eigenvalue weighted by Gasteiger charge is -2.32. The standard InChI is InChI=1S/C18H27N3O2/c1-14-13-15(14)18(22)19-16-5-3-4-6-17(16)23-12-11-21-9-7-20(2)8-10-21/h3-6,14-15H,7-13H2,1-2H3,(H,19,22)/t14-,15+/m1/s1. The zero-order valence-corrected chi connectivity index (χ0v) is 14.1. The van der Waals surface area contributed by atoms with Gasteiger partial charge in [-0.1, -0.05) is 19.1 Å². The van der Waals surface area contributed by atoms with E-state index in [1.807, 2.05) is 24.3 Å². The average Bonchev–Trinajstić information content (AvgIpc) is 3.28. The second kappa shape index (κ2) is 7.32. The number of carbonyl (C=O) groups is 1. The number of para-hydroxylation sites is 2. The molecule has 126 valence electrons. The van der Waals surface area contributed by atoms with Crippen LogP contribution in [0.1, 0.15) is 13.3 Å². The molecule has 1 aliphatic carbocycles. The molecule has 1 heterocycles. The lowest BCUT2D eigenvalue weighted by Crippen LogP contribution is -2.45.